The molecule has 0 radical (unpaired) electrons. The van der Waals surface area contributed by atoms with Crippen molar-refractivity contribution < 1.29 is 0 Å². The second-order valence-electron chi connectivity index (χ2n) is 4.25. The topological polar surface area (TPSA) is 66.0 Å². The molecule has 0 unspecified atom stereocenters. The number of aromatic nitrogens is 3. The second-order valence-corrected chi connectivity index (χ2v) is 4.25. The van der Waals surface area contributed by atoms with Gasteiger partial charge >= 0.3 is 5.69 Å². The molecule has 0 aliphatic carbocycles. The van der Waals surface area contributed by atoms with Gasteiger partial charge in [0.25, 0.3) is 0 Å². The van der Waals surface area contributed by atoms with Crippen molar-refractivity contribution in [2.24, 2.45) is 7.05 Å². The molecule has 17 heavy (non-hydrogen) atoms. The summed E-state index contributed by atoms with van der Waals surface area (Å²) < 4.78 is 1.61. The van der Waals surface area contributed by atoms with Crippen LogP contribution in [0.1, 0.15) is 0 Å². The average Bonchev–Trinajstić information content (AvgIpc) is 2.67. The van der Waals surface area contributed by atoms with Crippen molar-refractivity contribution in [1.82, 2.24) is 19.9 Å². The van der Waals surface area contributed by atoms with Crippen molar-refractivity contribution in [2.45, 2.75) is 0 Å². The van der Waals surface area contributed by atoms with Crippen LogP contribution in [0.4, 0.5) is 5.82 Å². The van der Waals surface area contributed by atoms with E-state index in [9.17, 15) is 4.79 Å². The maximum atomic E-state index is 11.6. The van der Waals surface area contributed by atoms with Gasteiger partial charge in [0.15, 0.2) is 5.82 Å². The Morgan fingerprint density at radius 1 is 1.35 bits per heavy atom. The highest BCUT2D eigenvalue weighted by Crippen LogP contribution is 2.21. The highest BCUT2D eigenvalue weighted by atomic mass is 16.1. The fourth-order valence-corrected chi connectivity index (χ4v) is 2.26. The lowest BCUT2D eigenvalue weighted by Gasteiger charge is -2.28. The molecule has 0 amide bonds. The molecule has 2 aromatic heterocycles. The molecule has 0 aromatic carbocycles. The van der Waals surface area contributed by atoms with Crippen molar-refractivity contribution >= 4 is 16.9 Å². The first-order valence-electron chi connectivity index (χ1n) is 5.77. The van der Waals surface area contributed by atoms with E-state index in [1.54, 1.807) is 17.8 Å². The zero-order chi connectivity index (χ0) is 11.8. The fraction of sp³-hybridized carbons (Fsp3) is 0.455. The summed E-state index contributed by atoms with van der Waals surface area (Å²) in [6.07, 6.45) is 1.76. The Hall–Kier alpha value is -1.82. The molecule has 1 saturated heterocycles. The number of anilines is 1. The molecule has 0 spiro atoms. The Kier molecular flexibility index (Phi) is 2.36. The van der Waals surface area contributed by atoms with Gasteiger partial charge in [0.1, 0.15) is 5.52 Å². The summed E-state index contributed by atoms with van der Waals surface area (Å²) >= 11 is 0. The lowest BCUT2D eigenvalue weighted by molar-refractivity contribution is 0.586. The van der Waals surface area contributed by atoms with Gasteiger partial charge in [0.2, 0.25) is 0 Å². The minimum Gasteiger partial charge on any atom is -0.352 e. The molecule has 90 valence electrons. The average molecular weight is 233 g/mol. The number of pyridine rings is 1. The van der Waals surface area contributed by atoms with Gasteiger partial charge in [-0.3, -0.25) is 4.57 Å². The minimum atomic E-state index is -0.0932. The van der Waals surface area contributed by atoms with Crippen LogP contribution in [0.25, 0.3) is 11.0 Å². The Morgan fingerprint density at radius 2 is 2.12 bits per heavy atom. The minimum absolute atomic E-state index is 0.0932. The van der Waals surface area contributed by atoms with Gasteiger partial charge in [0, 0.05) is 39.4 Å². The standard InChI is InChI=1S/C11H15N5O/c1-15-8-2-3-13-10(9(8)14-11(15)17)16-6-4-12-5-7-16/h2-3,12H,4-7H2,1H3,(H,14,17). The monoisotopic (exact) mass is 233 g/mol. The molecule has 0 saturated carbocycles. The summed E-state index contributed by atoms with van der Waals surface area (Å²) in [5.41, 5.74) is 1.64. The van der Waals surface area contributed by atoms with Gasteiger partial charge in [-0.1, -0.05) is 0 Å². The number of nitrogens with one attached hydrogen (secondary N) is 2. The first-order chi connectivity index (χ1) is 8.27. The zero-order valence-electron chi connectivity index (χ0n) is 9.73. The van der Waals surface area contributed by atoms with E-state index < -0.39 is 0 Å². The second kappa shape index (κ2) is 3.89. The van der Waals surface area contributed by atoms with Gasteiger partial charge in [-0.2, -0.15) is 0 Å². The van der Waals surface area contributed by atoms with Crippen LogP contribution in [0.2, 0.25) is 0 Å². The van der Waals surface area contributed by atoms with Crippen LogP contribution in [0.3, 0.4) is 0 Å². The van der Waals surface area contributed by atoms with Gasteiger partial charge in [-0.15, -0.1) is 0 Å². The van der Waals surface area contributed by atoms with Crippen molar-refractivity contribution in [3.8, 4) is 0 Å². The summed E-state index contributed by atoms with van der Waals surface area (Å²) in [7, 11) is 1.77. The number of fused-ring (bicyclic) bond motifs is 1. The first-order valence-corrected chi connectivity index (χ1v) is 5.77. The van der Waals surface area contributed by atoms with Crippen LogP contribution >= 0.6 is 0 Å². The number of H-pyrrole nitrogens is 1. The van der Waals surface area contributed by atoms with Gasteiger partial charge in [0.05, 0.1) is 5.52 Å². The van der Waals surface area contributed by atoms with Crippen LogP contribution in [-0.2, 0) is 7.05 Å². The summed E-state index contributed by atoms with van der Waals surface area (Å²) in [6.45, 7) is 3.75. The first kappa shape index (κ1) is 10.3. The zero-order valence-corrected chi connectivity index (χ0v) is 9.73. The van der Waals surface area contributed by atoms with E-state index in [1.807, 2.05) is 6.07 Å². The molecule has 6 heteroatoms. The predicted octanol–water partition coefficient (Wildman–Crippen LogP) is -0.329. The quantitative estimate of drug-likeness (QED) is 0.708. The molecule has 0 bridgehead atoms. The normalized spacial score (nSPS) is 16.6. The molecular formula is C11H15N5O. The largest absolute Gasteiger partial charge is 0.352 e. The van der Waals surface area contributed by atoms with Gasteiger partial charge < -0.3 is 15.2 Å². The molecule has 2 aromatic rings. The Labute approximate surface area is 98.3 Å². The number of hydrogen-bond acceptors (Lipinski definition) is 4. The van der Waals surface area contributed by atoms with E-state index in [2.05, 4.69) is 20.2 Å². The number of hydrogen-bond donors (Lipinski definition) is 2. The van der Waals surface area contributed by atoms with Crippen LogP contribution in [0.5, 0.6) is 0 Å². The molecule has 1 aliphatic heterocycles. The number of aromatic amines is 1. The summed E-state index contributed by atoms with van der Waals surface area (Å²) in [4.78, 5) is 21.1. The van der Waals surface area contributed by atoms with Crippen molar-refractivity contribution in [3.63, 3.8) is 0 Å². The van der Waals surface area contributed by atoms with E-state index in [1.165, 1.54) is 0 Å². The van der Waals surface area contributed by atoms with E-state index in [-0.39, 0.29) is 5.69 Å². The van der Waals surface area contributed by atoms with Crippen LogP contribution in [0.15, 0.2) is 17.1 Å². The van der Waals surface area contributed by atoms with Crippen LogP contribution in [-0.4, -0.2) is 40.7 Å². The molecule has 6 nitrogen and oxygen atoms in total. The van der Waals surface area contributed by atoms with E-state index in [0.717, 1.165) is 43.0 Å². The fourth-order valence-electron chi connectivity index (χ4n) is 2.26. The third-order valence-electron chi connectivity index (χ3n) is 3.22. The van der Waals surface area contributed by atoms with E-state index in [0.29, 0.717) is 0 Å². The number of piperazine rings is 1. The van der Waals surface area contributed by atoms with Gasteiger partial charge in [-0.25, -0.2) is 9.78 Å². The molecule has 3 heterocycles. The van der Waals surface area contributed by atoms with Crippen LogP contribution in [0, 0.1) is 0 Å². The van der Waals surface area contributed by atoms with Gasteiger partial charge in [-0.05, 0) is 6.07 Å². The molecule has 3 rings (SSSR count). The maximum absolute atomic E-state index is 11.6. The molecule has 1 aliphatic rings. The number of nitrogens with zero attached hydrogens (tertiary/aromatic N) is 3. The number of aryl methyl sites for hydroxylation is 1. The Morgan fingerprint density at radius 3 is 2.88 bits per heavy atom. The van der Waals surface area contributed by atoms with Crippen LogP contribution < -0.4 is 15.9 Å². The number of rotatable bonds is 1. The third-order valence-corrected chi connectivity index (χ3v) is 3.22. The Balaban J connectivity index is 2.15. The highest BCUT2D eigenvalue weighted by Gasteiger charge is 2.16. The SMILES string of the molecule is Cn1c(=O)[nH]c2c(N3CCNCC3)nccc21. The lowest BCUT2D eigenvalue weighted by atomic mass is 10.3. The van der Waals surface area contributed by atoms with Crippen molar-refractivity contribution in [1.29, 1.82) is 0 Å². The smallest absolute Gasteiger partial charge is 0.326 e. The summed E-state index contributed by atoms with van der Waals surface area (Å²) in [5.74, 6) is 0.877. The number of imidazole rings is 1. The molecule has 2 N–H and O–H groups in total. The van der Waals surface area contributed by atoms with Crippen molar-refractivity contribution in [2.75, 3.05) is 31.1 Å². The molecular weight excluding hydrogens is 218 g/mol. The molecule has 0 atom stereocenters. The lowest BCUT2D eigenvalue weighted by Crippen LogP contribution is -2.44. The van der Waals surface area contributed by atoms with Crippen molar-refractivity contribution in [3.05, 3.63) is 22.7 Å². The third kappa shape index (κ3) is 1.61. The van der Waals surface area contributed by atoms with E-state index in [4.69, 9.17) is 0 Å². The summed E-state index contributed by atoms with van der Waals surface area (Å²) in [5, 5.41) is 3.30. The predicted molar refractivity (Wildman–Crippen MR) is 66.4 cm³/mol. The Bertz CT molecular complexity index is 593. The molecule has 1 fully saturated rings. The maximum Gasteiger partial charge on any atom is 0.326 e. The summed E-state index contributed by atoms with van der Waals surface area (Å²) in [6, 6.07) is 1.86. The van der Waals surface area contributed by atoms with E-state index >= 15 is 0 Å². The highest BCUT2D eigenvalue weighted by molar-refractivity contribution is 5.86.